The summed E-state index contributed by atoms with van der Waals surface area (Å²) in [6.07, 6.45) is 6.69. The van der Waals surface area contributed by atoms with Gasteiger partial charge in [0, 0.05) is 6.04 Å². The molecule has 1 saturated heterocycles. The highest BCUT2D eigenvalue weighted by molar-refractivity contribution is 5.95. The quantitative estimate of drug-likeness (QED) is 0.831. The second kappa shape index (κ2) is 5.72. The molecule has 1 N–H and O–H groups in total. The van der Waals surface area contributed by atoms with Crippen molar-refractivity contribution in [1.82, 2.24) is 10.2 Å². The number of rotatable bonds is 3. The van der Waals surface area contributed by atoms with Crippen LogP contribution in [0.25, 0.3) is 0 Å². The number of carbonyl (C=O) groups is 2. The summed E-state index contributed by atoms with van der Waals surface area (Å²) < 4.78 is 0. The first-order chi connectivity index (χ1) is 8.63. The highest BCUT2D eigenvalue weighted by atomic mass is 16.2. The molecular formula is C14H24N2O2. The van der Waals surface area contributed by atoms with Gasteiger partial charge in [-0.05, 0) is 32.1 Å². The Morgan fingerprint density at radius 1 is 1.28 bits per heavy atom. The van der Waals surface area contributed by atoms with Crippen LogP contribution >= 0.6 is 0 Å². The summed E-state index contributed by atoms with van der Waals surface area (Å²) >= 11 is 0. The molecule has 2 aliphatic rings. The molecule has 0 aromatic heterocycles. The minimum Gasteiger partial charge on any atom is -0.342 e. The van der Waals surface area contributed by atoms with Crippen LogP contribution in [-0.2, 0) is 9.59 Å². The third kappa shape index (κ3) is 2.68. The number of nitrogens with zero attached hydrogens (tertiary/aromatic N) is 1. The number of nitrogens with one attached hydrogen (secondary N) is 1. The molecule has 1 aliphatic heterocycles. The van der Waals surface area contributed by atoms with E-state index in [4.69, 9.17) is 0 Å². The fraction of sp³-hybridized carbons (Fsp3) is 0.857. The molecule has 1 heterocycles. The standard InChI is InChI=1S/C14H24N2O2/c1-3-10(2)16-9-12(17)15-13(14(16)18)11-7-5-4-6-8-11/h10-11,13H,3-9H2,1-2H3,(H,15,17). The van der Waals surface area contributed by atoms with Gasteiger partial charge in [-0.25, -0.2) is 0 Å². The maximum absolute atomic E-state index is 12.5. The number of piperazine rings is 1. The summed E-state index contributed by atoms with van der Waals surface area (Å²) in [5.74, 6) is 0.489. The summed E-state index contributed by atoms with van der Waals surface area (Å²) in [5.41, 5.74) is 0. The lowest BCUT2D eigenvalue weighted by Gasteiger charge is -2.40. The fourth-order valence-corrected chi connectivity index (χ4v) is 3.07. The summed E-state index contributed by atoms with van der Waals surface area (Å²) in [6, 6.07) is -0.102. The summed E-state index contributed by atoms with van der Waals surface area (Å²) in [5, 5.41) is 2.91. The Morgan fingerprint density at radius 2 is 1.94 bits per heavy atom. The zero-order chi connectivity index (χ0) is 13.1. The zero-order valence-corrected chi connectivity index (χ0v) is 11.4. The van der Waals surface area contributed by atoms with Crippen molar-refractivity contribution >= 4 is 11.8 Å². The van der Waals surface area contributed by atoms with E-state index in [0.29, 0.717) is 5.92 Å². The van der Waals surface area contributed by atoms with Gasteiger partial charge in [0.1, 0.15) is 6.04 Å². The monoisotopic (exact) mass is 252 g/mol. The highest BCUT2D eigenvalue weighted by Gasteiger charge is 2.39. The predicted octanol–water partition coefficient (Wildman–Crippen LogP) is 1.69. The van der Waals surface area contributed by atoms with E-state index >= 15 is 0 Å². The van der Waals surface area contributed by atoms with Gasteiger partial charge >= 0.3 is 0 Å². The second-order valence-electron chi connectivity index (χ2n) is 5.67. The summed E-state index contributed by atoms with van der Waals surface area (Å²) in [4.78, 5) is 26.0. The molecule has 18 heavy (non-hydrogen) atoms. The average molecular weight is 252 g/mol. The number of hydrogen-bond donors (Lipinski definition) is 1. The van der Waals surface area contributed by atoms with Gasteiger partial charge in [0.2, 0.25) is 11.8 Å². The average Bonchev–Trinajstić information content (AvgIpc) is 2.41. The number of amides is 2. The first-order valence-electron chi connectivity index (χ1n) is 7.23. The van der Waals surface area contributed by atoms with Crippen molar-refractivity contribution < 1.29 is 9.59 Å². The molecule has 4 heteroatoms. The lowest BCUT2D eigenvalue weighted by Crippen LogP contribution is -2.62. The van der Waals surface area contributed by atoms with Gasteiger partial charge in [-0.15, -0.1) is 0 Å². The molecule has 2 unspecified atom stereocenters. The Morgan fingerprint density at radius 3 is 2.56 bits per heavy atom. The van der Waals surface area contributed by atoms with Crippen LogP contribution < -0.4 is 5.32 Å². The van der Waals surface area contributed by atoms with Gasteiger partial charge in [0.15, 0.2) is 0 Å². The van der Waals surface area contributed by atoms with E-state index in [-0.39, 0.29) is 30.4 Å². The number of carbonyl (C=O) groups excluding carboxylic acids is 2. The molecule has 0 spiro atoms. The first-order valence-corrected chi connectivity index (χ1v) is 7.23. The van der Waals surface area contributed by atoms with Crippen LogP contribution in [0.4, 0.5) is 0 Å². The lowest BCUT2D eigenvalue weighted by molar-refractivity contribution is -0.148. The van der Waals surface area contributed by atoms with Crippen LogP contribution in [0.5, 0.6) is 0 Å². The van der Waals surface area contributed by atoms with Crippen LogP contribution in [0, 0.1) is 5.92 Å². The van der Waals surface area contributed by atoms with Crippen molar-refractivity contribution in [3.05, 3.63) is 0 Å². The van der Waals surface area contributed by atoms with Crippen molar-refractivity contribution in [2.45, 2.75) is 64.5 Å². The van der Waals surface area contributed by atoms with E-state index in [1.807, 2.05) is 6.92 Å². The highest BCUT2D eigenvalue weighted by Crippen LogP contribution is 2.28. The van der Waals surface area contributed by atoms with Crippen molar-refractivity contribution in [2.75, 3.05) is 6.54 Å². The Bertz CT molecular complexity index is 324. The van der Waals surface area contributed by atoms with Crippen LogP contribution in [0.15, 0.2) is 0 Å². The van der Waals surface area contributed by atoms with Crippen molar-refractivity contribution in [3.8, 4) is 0 Å². The maximum atomic E-state index is 12.5. The van der Waals surface area contributed by atoms with E-state index in [1.54, 1.807) is 4.90 Å². The molecule has 0 aromatic rings. The Balaban J connectivity index is 2.09. The van der Waals surface area contributed by atoms with Gasteiger partial charge < -0.3 is 10.2 Å². The van der Waals surface area contributed by atoms with Gasteiger partial charge in [-0.2, -0.15) is 0 Å². The molecule has 2 amide bonds. The van der Waals surface area contributed by atoms with Crippen molar-refractivity contribution in [2.24, 2.45) is 5.92 Å². The molecule has 2 rings (SSSR count). The van der Waals surface area contributed by atoms with Gasteiger partial charge in [-0.3, -0.25) is 9.59 Å². The molecule has 2 fully saturated rings. The molecule has 1 aliphatic carbocycles. The Kier molecular flexibility index (Phi) is 4.25. The molecule has 4 nitrogen and oxygen atoms in total. The molecule has 1 saturated carbocycles. The van der Waals surface area contributed by atoms with Crippen LogP contribution in [0.3, 0.4) is 0 Å². The Hall–Kier alpha value is -1.06. The van der Waals surface area contributed by atoms with Gasteiger partial charge in [0.05, 0.1) is 6.54 Å². The van der Waals surface area contributed by atoms with Crippen LogP contribution in [0.1, 0.15) is 52.4 Å². The van der Waals surface area contributed by atoms with Gasteiger partial charge in [0.25, 0.3) is 0 Å². The van der Waals surface area contributed by atoms with Crippen LogP contribution in [0.2, 0.25) is 0 Å². The van der Waals surface area contributed by atoms with E-state index in [2.05, 4.69) is 12.2 Å². The molecular weight excluding hydrogens is 228 g/mol. The largest absolute Gasteiger partial charge is 0.342 e. The molecule has 0 aromatic carbocycles. The fourth-order valence-electron chi connectivity index (χ4n) is 3.07. The predicted molar refractivity (Wildman–Crippen MR) is 70.0 cm³/mol. The normalized spacial score (nSPS) is 28.1. The van der Waals surface area contributed by atoms with E-state index in [0.717, 1.165) is 19.3 Å². The second-order valence-corrected chi connectivity index (χ2v) is 5.67. The van der Waals surface area contributed by atoms with Crippen LogP contribution in [-0.4, -0.2) is 35.3 Å². The minimum atomic E-state index is -0.263. The Labute approximate surface area is 109 Å². The van der Waals surface area contributed by atoms with E-state index in [1.165, 1.54) is 19.3 Å². The molecule has 0 bridgehead atoms. The smallest absolute Gasteiger partial charge is 0.246 e. The summed E-state index contributed by atoms with van der Waals surface area (Å²) in [6.45, 7) is 4.31. The molecule has 0 radical (unpaired) electrons. The van der Waals surface area contributed by atoms with E-state index < -0.39 is 0 Å². The topological polar surface area (TPSA) is 49.4 Å². The van der Waals surface area contributed by atoms with Gasteiger partial charge in [-0.1, -0.05) is 26.2 Å². The minimum absolute atomic E-state index is 0.00507. The SMILES string of the molecule is CCC(C)N1CC(=O)NC(C2CCCCC2)C1=O. The summed E-state index contributed by atoms with van der Waals surface area (Å²) in [7, 11) is 0. The lowest BCUT2D eigenvalue weighted by atomic mass is 9.82. The number of hydrogen-bond acceptors (Lipinski definition) is 2. The van der Waals surface area contributed by atoms with Crippen molar-refractivity contribution in [3.63, 3.8) is 0 Å². The van der Waals surface area contributed by atoms with E-state index in [9.17, 15) is 9.59 Å². The van der Waals surface area contributed by atoms with Crippen molar-refractivity contribution in [1.29, 1.82) is 0 Å². The third-order valence-electron chi connectivity index (χ3n) is 4.42. The molecule has 102 valence electrons. The third-order valence-corrected chi connectivity index (χ3v) is 4.42. The maximum Gasteiger partial charge on any atom is 0.246 e. The zero-order valence-electron chi connectivity index (χ0n) is 11.4. The molecule has 2 atom stereocenters. The first kappa shape index (κ1) is 13.4.